The molecule has 0 saturated heterocycles. The molecule has 0 saturated carbocycles. The van der Waals surface area contributed by atoms with Crippen LogP contribution in [0.3, 0.4) is 0 Å². The number of hydrogen-bond acceptors (Lipinski definition) is 9. The predicted molar refractivity (Wildman–Crippen MR) is 112 cm³/mol. The molecule has 0 radical (unpaired) electrons. The molecule has 0 aromatic carbocycles. The molecule has 2 rings (SSSR count). The Kier molecular flexibility index (Phi) is 8.18. The van der Waals surface area contributed by atoms with Crippen LogP contribution in [-0.4, -0.2) is 47.3 Å². The first-order valence-corrected chi connectivity index (χ1v) is 10.5. The summed E-state index contributed by atoms with van der Waals surface area (Å²) in [5, 5.41) is 3.13. The highest BCUT2D eigenvalue weighted by Gasteiger charge is 2.28. The zero-order chi connectivity index (χ0) is 21.6. The lowest BCUT2D eigenvalue weighted by Crippen LogP contribution is -2.17. The second-order valence-electron chi connectivity index (χ2n) is 5.38. The predicted octanol–water partition coefficient (Wildman–Crippen LogP) is 3.99. The van der Waals surface area contributed by atoms with Crippen molar-refractivity contribution in [3.8, 4) is 0 Å². The Balaban J connectivity index is 2.42. The average Bonchev–Trinajstić information content (AvgIpc) is 3.02. The Bertz CT molecular complexity index is 961. The number of methoxy groups -OCH3 is 1. The van der Waals surface area contributed by atoms with Gasteiger partial charge in [-0.25, -0.2) is 19.6 Å². The third-order valence-electron chi connectivity index (χ3n) is 3.49. The summed E-state index contributed by atoms with van der Waals surface area (Å²) in [6.45, 7) is 6.98. The van der Waals surface area contributed by atoms with Gasteiger partial charge in [-0.15, -0.1) is 17.9 Å². The van der Waals surface area contributed by atoms with Crippen molar-refractivity contribution in [2.24, 2.45) is 0 Å². The summed E-state index contributed by atoms with van der Waals surface area (Å²) in [5.74, 6) is -1.38. The monoisotopic (exact) mass is 455 g/mol. The highest BCUT2D eigenvalue weighted by molar-refractivity contribution is 7.99. The van der Waals surface area contributed by atoms with Crippen LogP contribution in [0.2, 0.25) is 5.02 Å². The van der Waals surface area contributed by atoms with E-state index in [-0.39, 0.29) is 32.8 Å². The van der Waals surface area contributed by atoms with Crippen molar-refractivity contribution in [3.05, 3.63) is 45.6 Å². The number of nitrogens with zero attached hydrogens (tertiary/aromatic N) is 2. The van der Waals surface area contributed by atoms with Crippen molar-refractivity contribution in [2.45, 2.75) is 19.0 Å². The van der Waals surface area contributed by atoms with E-state index in [0.717, 1.165) is 11.3 Å². The number of aromatic nitrogens is 2. The molecule has 0 aliphatic carbocycles. The maximum atomic E-state index is 12.8. The minimum atomic E-state index is -0.664. The fraction of sp³-hybridized carbons (Fsp3) is 0.278. The summed E-state index contributed by atoms with van der Waals surface area (Å²) >= 11 is 8.27. The van der Waals surface area contributed by atoms with E-state index in [9.17, 15) is 14.4 Å². The van der Waals surface area contributed by atoms with Gasteiger partial charge in [-0.1, -0.05) is 29.4 Å². The lowest BCUT2D eigenvalue weighted by Gasteiger charge is -2.08. The molecule has 154 valence electrons. The van der Waals surface area contributed by atoms with Crippen molar-refractivity contribution >= 4 is 57.5 Å². The summed E-state index contributed by atoms with van der Waals surface area (Å²) in [4.78, 5) is 45.6. The molecule has 11 heteroatoms. The molecule has 2 heterocycles. The van der Waals surface area contributed by atoms with Gasteiger partial charge in [0.2, 0.25) is 0 Å². The normalized spacial score (nSPS) is 10.3. The average molecular weight is 456 g/mol. The maximum Gasteiger partial charge on any atom is 0.348 e. The minimum absolute atomic E-state index is 0.0459. The number of carbonyl (C=O) groups excluding carboxylic acids is 3. The number of anilines is 1. The summed E-state index contributed by atoms with van der Waals surface area (Å²) in [7, 11) is 1.23. The smallest absolute Gasteiger partial charge is 0.348 e. The largest absolute Gasteiger partial charge is 0.465 e. The van der Waals surface area contributed by atoms with Gasteiger partial charge in [0, 0.05) is 5.75 Å². The molecule has 1 N–H and O–H groups in total. The topological polar surface area (TPSA) is 107 Å². The molecule has 8 nitrogen and oxygen atoms in total. The number of esters is 2. The van der Waals surface area contributed by atoms with Gasteiger partial charge in [-0.05, 0) is 19.4 Å². The molecule has 1 amide bonds. The van der Waals surface area contributed by atoms with Crippen LogP contribution in [0, 0.1) is 6.92 Å². The SMILES string of the molecule is C=CCSc1ncc(Cl)c(C(=O)Nc2sc(C(=O)OC)c(C)c2C(=O)OCC)n1. The van der Waals surface area contributed by atoms with Crippen molar-refractivity contribution in [3.63, 3.8) is 0 Å². The third-order valence-corrected chi connectivity index (χ3v) is 5.81. The van der Waals surface area contributed by atoms with Gasteiger partial charge < -0.3 is 14.8 Å². The van der Waals surface area contributed by atoms with Gasteiger partial charge in [-0.2, -0.15) is 0 Å². The Morgan fingerprint density at radius 3 is 2.72 bits per heavy atom. The highest BCUT2D eigenvalue weighted by atomic mass is 35.5. The van der Waals surface area contributed by atoms with Crippen LogP contribution < -0.4 is 5.32 Å². The number of nitrogens with one attached hydrogen (secondary N) is 1. The number of rotatable bonds is 8. The van der Waals surface area contributed by atoms with Crippen LogP contribution in [0.5, 0.6) is 0 Å². The number of halogens is 1. The fourth-order valence-electron chi connectivity index (χ4n) is 2.21. The lowest BCUT2D eigenvalue weighted by atomic mass is 10.1. The summed E-state index contributed by atoms with van der Waals surface area (Å²) in [5.41, 5.74) is 0.373. The van der Waals surface area contributed by atoms with Gasteiger partial charge in [0.05, 0.1) is 30.5 Å². The summed E-state index contributed by atoms with van der Waals surface area (Å²) in [6, 6.07) is 0. The lowest BCUT2D eigenvalue weighted by molar-refractivity contribution is 0.0527. The molecule has 0 aliphatic heterocycles. The number of thioether (sulfide) groups is 1. The van der Waals surface area contributed by atoms with E-state index in [1.807, 2.05) is 0 Å². The first-order valence-electron chi connectivity index (χ1n) is 8.30. The Labute approximate surface area is 180 Å². The van der Waals surface area contributed by atoms with Crippen LogP contribution in [-0.2, 0) is 9.47 Å². The molecule has 2 aromatic rings. The van der Waals surface area contributed by atoms with Crippen LogP contribution in [0.4, 0.5) is 5.00 Å². The van der Waals surface area contributed by atoms with Crippen molar-refractivity contribution in [1.82, 2.24) is 9.97 Å². The second-order valence-corrected chi connectivity index (χ2v) is 7.79. The number of hydrogen-bond donors (Lipinski definition) is 1. The fourth-order valence-corrected chi connectivity index (χ4v) is 4.05. The first-order chi connectivity index (χ1) is 13.8. The number of thiophene rings is 1. The van der Waals surface area contributed by atoms with E-state index < -0.39 is 17.8 Å². The van der Waals surface area contributed by atoms with Gasteiger partial charge in [0.1, 0.15) is 9.88 Å². The number of carbonyl (C=O) groups is 3. The van der Waals surface area contributed by atoms with E-state index in [2.05, 4.69) is 21.9 Å². The van der Waals surface area contributed by atoms with Gasteiger partial charge in [0.15, 0.2) is 10.9 Å². The number of ether oxygens (including phenoxy) is 2. The van der Waals surface area contributed by atoms with Crippen LogP contribution in [0.25, 0.3) is 0 Å². The van der Waals surface area contributed by atoms with Crippen LogP contribution in [0.1, 0.15) is 43.0 Å². The molecule has 0 bridgehead atoms. The molecule has 0 spiro atoms. The molecule has 29 heavy (non-hydrogen) atoms. The van der Waals surface area contributed by atoms with Crippen LogP contribution in [0.15, 0.2) is 24.0 Å². The maximum absolute atomic E-state index is 12.8. The first kappa shape index (κ1) is 22.9. The molecule has 0 aliphatic rings. The molecular weight excluding hydrogens is 438 g/mol. The second kappa shape index (κ2) is 10.4. The van der Waals surface area contributed by atoms with Crippen LogP contribution >= 0.6 is 34.7 Å². The zero-order valence-corrected chi connectivity index (χ0v) is 18.3. The van der Waals surface area contributed by atoms with E-state index >= 15 is 0 Å². The van der Waals surface area contributed by atoms with Crippen molar-refractivity contribution in [2.75, 3.05) is 24.8 Å². The Morgan fingerprint density at radius 2 is 2.10 bits per heavy atom. The van der Waals surface area contributed by atoms with Gasteiger partial charge in [0.25, 0.3) is 5.91 Å². The Morgan fingerprint density at radius 1 is 1.38 bits per heavy atom. The van der Waals surface area contributed by atoms with E-state index in [1.54, 1.807) is 19.9 Å². The molecule has 0 fully saturated rings. The summed E-state index contributed by atoms with van der Waals surface area (Å²) < 4.78 is 9.79. The van der Waals surface area contributed by atoms with E-state index in [0.29, 0.717) is 16.5 Å². The Hall–Kier alpha value is -2.43. The highest BCUT2D eigenvalue weighted by Crippen LogP contribution is 2.35. The number of amides is 1. The van der Waals surface area contributed by atoms with E-state index in [4.69, 9.17) is 21.1 Å². The molecular formula is C18H18ClN3O5S2. The third kappa shape index (κ3) is 5.34. The zero-order valence-electron chi connectivity index (χ0n) is 15.9. The van der Waals surface area contributed by atoms with Gasteiger partial charge in [-0.3, -0.25) is 4.79 Å². The molecule has 2 aromatic heterocycles. The summed E-state index contributed by atoms with van der Waals surface area (Å²) in [6.07, 6.45) is 3.00. The van der Waals surface area contributed by atoms with Gasteiger partial charge >= 0.3 is 11.9 Å². The quantitative estimate of drug-likeness (QED) is 0.275. The standard InChI is InChI=1S/C18H18ClN3O5S2/c1-5-7-28-18-20-8-10(19)12(21-18)14(23)22-15-11(16(24)27-6-2)9(3)13(29-15)17(25)26-4/h5,8H,1,6-7H2,2-4H3,(H,22,23). The minimum Gasteiger partial charge on any atom is -0.465 e. The molecule has 0 unspecified atom stereocenters. The van der Waals surface area contributed by atoms with Crippen molar-refractivity contribution in [1.29, 1.82) is 0 Å². The van der Waals surface area contributed by atoms with E-state index in [1.165, 1.54) is 25.1 Å². The molecule has 0 atom stereocenters. The van der Waals surface area contributed by atoms with Crippen molar-refractivity contribution < 1.29 is 23.9 Å².